The van der Waals surface area contributed by atoms with Crippen molar-refractivity contribution in [3.63, 3.8) is 0 Å². The van der Waals surface area contributed by atoms with Gasteiger partial charge in [0.15, 0.2) is 0 Å². The van der Waals surface area contributed by atoms with Gasteiger partial charge in [0.2, 0.25) is 17.7 Å². The van der Waals surface area contributed by atoms with Gasteiger partial charge in [0.05, 0.1) is 6.04 Å². The van der Waals surface area contributed by atoms with Gasteiger partial charge in [-0.2, -0.15) is 0 Å². The van der Waals surface area contributed by atoms with Crippen molar-refractivity contribution in [1.29, 1.82) is 0 Å². The molecule has 1 saturated heterocycles. The minimum atomic E-state index is -0.479. The Morgan fingerprint density at radius 3 is 2.17 bits per heavy atom. The van der Waals surface area contributed by atoms with Crippen molar-refractivity contribution >= 4 is 35.4 Å². The lowest BCUT2D eigenvalue weighted by molar-refractivity contribution is -0.133. The second-order valence-electron chi connectivity index (χ2n) is 12.4. The normalized spacial score (nSPS) is 19.3. The molecule has 2 unspecified atom stereocenters. The molecule has 1 heterocycles. The van der Waals surface area contributed by atoms with Crippen molar-refractivity contribution in [2.45, 2.75) is 62.9 Å². The molecule has 2 fully saturated rings. The van der Waals surface area contributed by atoms with Gasteiger partial charge < -0.3 is 20.9 Å². The molecule has 0 aromatic heterocycles. The molecule has 1 aliphatic carbocycles. The van der Waals surface area contributed by atoms with Crippen LogP contribution < -0.4 is 16.0 Å². The molecule has 0 bridgehead atoms. The molecule has 3 N–H and O–H groups in total. The van der Waals surface area contributed by atoms with Crippen LogP contribution in [-0.2, 0) is 14.4 Å². The van der Waals surface area contributed by atoms with Gasteiger partial charge in [0, 0.05) is 55.2 Å². The lowest BCUT2D eigenvalue weighted by atomic mass is 9.88. The number of carbonyl (C=O) groups excluding carboxylic acids is 3. The number of hydrogen-bond acceptors (Lipinski definition) is 4. The van der Waals surface area contributed by atoms with E-state index < -0.39 is 6.04 Å². The molecule has 0 spiro atoms. The molecule has 0 radical (unpaired) electrons. The monoisotopic (exact) mass is 640 g/mol. The van der Waals surface area contributed by atoms with Gasteiger partial charge in [0.25, 0.3) is 0 Å². The molecular weight excluding hydrogens is 596 g/mol. The second kappa shape index (κ2) is 17.1. The topological polar surface area (TPSA) is 90.5 Å². The summed E-state index contributed by atoms with van der Waals surface area (Å²) in [7, 11) is 0. The summed E-state index contributed by atoms with van der Waals surface area (Å²) in [6.07, 6.45) is 9.71. The van der Waals surface area contributed by atoms with Gasteiger partial charge in [-0.1, -0.05) is 104 Å². The first-order valence-electron chi connectivity index (χ1n) is 16.6. The Morgan fingerprint density at radius 2 is 1.52 bits per heavy atom. The first-order valence-corrected chi connectivity index (χ1v) is 17.0. The second-order valence-corrected chi connectivity index (χ2v) is 12.8. The fourth-order valence-corrected chi connectivity index (χ4v) is 6.63. The van der Waals surface area contributed by atoms with E-state index in [0.717, 1.165) is 42.4 Å². The maximum Gasteiger partial charge on any atom is 0.244 e. The zero-order valence-electron chi connectivity index (χ0n) is 26.4. The van der Waals surface area contributed by atoms with Crippen LogP contribution in [0.3, 0.4) is 0 Å². The van der Waals surface area contributed by atoms with Gasteiger partial charge in [-0.05, 0) is 60.6 Å². The number of nitrogens with zero attached hydrogens (tertiary/aromatic N) is 1. The van der Waals surface area contributed by atoms with E-state index in [4.69, 9.17) is 11.6 Å². The quantitative estimate of drug-likeness (QED) is 0.214. The zero-order chi connectivity index (χ0) is 32.1. The summed E-state index contributed by atoms with van der Waals surface area (Å²) in [6, 6.07) is 27.3. The number of rotatable bonds is 12. The van der Waals surface area contributed by atoms with E-state index in [0.29, 0.717) is 44.0 Å². The first-order chi connectivity index (χ1) is 22.5. The zero-order valence-corrected chi connectivity index (χ0v) is 27.1. The van der Waals surface area contributed by atoms with Gasteiger partial charge in [-0.25, -0.2) is 0 Å². The third-order valence-corrected chi connectivity index (χ3v) is 9.38. The van der Waals surface area contributed by atoms with Crippen LogP contribution in [0.2, 0.25) is 5.02 Å². The van der Waals surface area contributed by atoms with Crippen LogP contribution in [-0.4, -0.2) is 60.9 Å². The summed E-state index contributed by atoms with van der Waals surface area (Å²) < 4.78 is 0. The van der Waals surface area contributed by atoms with E-state index in [-0.39, 0.29) is 35.6 Å². The highest BCUT2D eigenvalue weighted by atomic mass is 35.5. The summed E-state index contributed by atoms with van der Waals surface area (Å²) in [5.41, 5.74) is 3.20. The Morgan fingerprint density at radius 1 is 0.870 bits per heavy atom. The Hall–Kier alpha value is -3.94. The molecule has 3 aromatic carbocycles. The highest BCUT2D eigenvalue weighted by molar-refractivity contribution is 6.30. The minimum absolute atomic E-state index is 0.0206. The van der Waals surface area contributed by atoms with Crippen LogP contribution in [0.5, 0.6) is 0 Å². The number of carbonyl (C=O) groups is 3. The van der Waals surface area contributed by atoms with E-state index >= 15 is 0 Å². The predicted molar refractivity (Wildman–Crippen MR) is 184 cm³/mol. The fraction of sp³-hybridized carbons (Fsp3) is 0.395. The molecule has 8 heteroatoms. The summed E-state index contributed by atoms with van der Waals surface area (Å²) in [4.78, 5) is 41.6. The fourth-order valence-electron chi connectivity index (χ4n) is 6.50. The van der Waals surface area contributed by atoms with Crippen molar-refractivity contribution in [2.24, 2.45) is 5.92 Å². The summed E-state index contributed by atoms with van der Waals surface area (Å²) in [6.45, 7) is 1.92. The van der Waals surface area contributed by atoms with Crippen LogP contribution in [0.1, 0.15) is 67.6 Å². The lowest BCUT2D eigenvalue weighted by Gasteiger charge is -2.29. The smallest absolute Gasteiger partial charge is 0.244 e. The molecule has 2 aliphatic rings. The number of nitrogens with one attached hydrogen (secondary N) is 3. The molecule has 3 aromatic rings. The van der Waals surface area contributed by atoms with E-state index in [1.807, 2.05) is 53.4 Å². The van der Waals surface area contributed by atoms with Crippen molar-refractivity contribution in [1.82, 2.24) is 20.9 Å². The lowest BCUT2D eigenvalue weighted by Crippen LogP contribution is -2.50. The van der Waals surface area contributed by atoms with Crippen molar-refractivity contribution in [2.75, 3.05) is 26.2 Å². The van der Waals surface area contributed by atoms with E-state index in [9.17, 15) is 14.4 Å². The van der Waals surface area contributed by atoms with Crippen LogP contribution in [0.25, 0.3) is 6.08 Å². The van der Waals surface area contributed by atoms with E-state index in [2.05, 4.69) is 40.2 Å². The molecule has 7 nitrogen and oxygen atoms in total. The highest BCUT2D eigenvalue weighted by Crippen LogP contribution is 2.27. The molecule has 242 valence electrons. The number of hydrogen-bond donors (Lipinski definition) is 3. The molecule has 1 aliphatic heterocycles. The largest absolute Gasteiger partial charge is 0.356 e. The predicted octanol–water partition coefficient (Wildman–Crippen LogP) is 5.95. The third-order valence-electron chi connectivity index (χ3n) is 9.13. The number of halogens is 1. The van der Waals surface area contributed by atoms with E-state index in [1.165, 1.54) is 12.5 Å². The highest BCUT2D eigenvalue weighted by Gasteiger charge is 2.33. The molecule has 3 amide bonds. The molecule has 2 atom stereocenters. The van der Waals surface area contributed by atoms with Crippen molar-refractivity contribution in [3.8, 4) is 0 Å². The maximum atomic E-state index is 14.1. The summed E-state index contributed by atoms with van der Waals surface area (Å²) in [5.74, 6) is 0.0211. The van der Waals surface area contributed by atoms with Gasteiger partial charge >= 0.3 is 0 Å². The minimum Gasteiger partial charge on any atom is -0.356 e. The summed E-state index contributed by atoms with van der Waals surface area (Å²) >= 11 is 5.97. The Bertz CT molecular complexity index is 1400. The van der Waals surface area contributed by atoms with Crippen molar-refractivity contribution in [3.05, 3.63) is 113 Å². The van der Waals surface area contributed by atoms with Gasteiger partial charge in [-0.3, -0.25) is 14.4 Å². The maximum absolute atomic E-state index is 14.1. The molecule has 5 rings (SSSR count). The van der Waals surface area contributed by atoms with Crippen LogP contribution in [0, 0.1) is 5.92 Å². The number of benzene rings is 3. The summed E-state index contributed by atoms with van der Waals surface area (Å²) in [5, 5.41) is 10.3. The Kier molecular flexibility index (Phi) is 12.4. The first kappa shape index (κ1) is 33.4. The van der Waals surface area contributed by atoms with E-state index in [1.54, 1.807) is 18.2 Å². The SMILES string of the molecule is O=C(/C=C/c1ccc(Cl)cc1)NCC1CCN(CC(c2ccccc2)c2ccccc2)C(=O)C(CCNC(=O)C2CCCCC2)N1. The molecule has 1 saturated carbocycles. The molecular formula is C38H45ClN4O3. The third kappa shape index (κ3) is 9.78. The van der Waals surface area contributed by atoms with Gasteiger partial charge in [0.1, 0.15) is 0 Å². The standard InChI is InChI=1S/C38H45ClN4O3/c39-32-19-16-28(17-20-32)18-21-36(44)41-26-33-23-25-43(27-34(29-10-4-1-5-11-29)30-12-6-2-7-13-30)38(46)35(42-33)22-24-40-37(45)31-14-8-3-9-15-31/h1-2,4-7,10-13,16-21,31,33-35,42H,3,8-9,14-15,22-27H2,(H,40,45)(H,41,44)/b21-18+. The number of amides is 3. The average Bonchev–Trinajstić information content (AvgIpc) is 3.24. The van der Waals surface area contributed by atoms with Crippen molar-refractivity contribution < 1.29 is 14.4 Å². The van der Waals surface area contributed by atoms with Crippen LogP contribution >= 0.6 is 11.6 Å². The average molecular weight is 641 g/mol. The molecule has 46 heavy (non-hydrogen) atoms. The van der Waals surface area contributed by atoms with Crippen LogP contribution in [0.15, 0.2) is 91.0 Å². The van der Waals surface area contributed by atoms with Crippen LogP contribution in [0.4, 0.5) is 0 Å². The Labute approximate surface area is 277 Å². The van der Waals surface area contributed by atoms with Gasteiger partial charge in [-0.15, -0.1) is 0 Å². The Balaban J connectivity index is 1.27.